The molecule has 3 atom stereocenters. The molecule has 1 saturated heterocycles. The molecule has 0 aromatic rings. The zero-order valence-corrected chi connectivity index (χ0v) is 5.95. The molecule has 0 bridgehead atoms. The molecule has 0 spiro atoms. The van der Waals surface area contributed by atoms with Crippen molar-refractivity contribution < 1.29 is 9.47 Å². The lowest BCUT2D eigenvalue weighted by molar-refractivity contribution is 0.114. The Labute approximate surface area is 60.8 Å². The summed E-state index contributed by atoms with van der Waals surface area (Å²) >= 11 is 0. The molecule has 0 radical (unpaired) electrons. The van der Waals surface area contributed by atoms with Gasteiger partial charge in [0.05, 0.1) is 18.5 Å². The van der Waals surface area contributed by atoms with Crippen LogP contribution in [0.1, 0.15) is 19.3 Å². The fourth-order valence-corrected chi connectivity index (χ4v) is 1.63. The van der Waals surface area contributed by atoms with Crippen molar-refractivity contribution in [3.63, 3.8) is 0 Å². The van der Waals surface area contributed by atoms with Gasteiger partial charge >= 0.3 is 0 Å². The average Bonchev–Trinajstić information content (AvgIpc) is 2.66. The standard InChI is InChI=1S/C8H12O2/c1-2-9-6-3-4-7-8(5-6)10-7/h2,6-8H,1,3-5H2. The lowest BCUT2D eigenvalue weighted by Crippen LogP contribution is -2.19. The maximum atomic E-state index is 5.34. The van der Waals surface area contributed by atoms with Gasteiger partial charge in [0.15, 0.2) is 0 Å². The molecule has 0 aromatic carbocycles. The number of hydrogen-bond donors (Lipinski definition) is 0. The third kappa shape index (κ3) is 1.03. The van der Waals surface area contributed by atoms with E-state index in [0.717, 1.165) is 12.8 Å². The Morgan fingerprint density at radius 3 is 3.00 bits per heavy atom. The fraction of sp³-hybridized carbons (Fsp3) is 0.750. The molecule has 2 heteroatoms. The second-order valence-electron chi connectivity index (χ2n) is 2.95. The Kier molecular flexibility index (Phi) is 1.42. The molecule has 10 heavy (non-hydrogen) atoms. The van der Waals surface area contributed by atoms with E-state index >= 15 is 0 Å². The van der Waals surface area contributed by atoms with Crippen LogP contribution in [0.3, 0.4) is 0 Å². The van der Waals surface area contributed by atoms with Crippen molar-refractivity contribution in [3.8, 4) is 0 Å². The molecule has 2 aliphatic rings. The smallest absolute Gasteiger partial charge is 0.100 e. The Balaban J connectivity index is 1.82. The highest BCUT2D eigenvalue weighted by Gasteiger charge is 2.44. The third-order valence-electron chi connectivity index (χ3n) is 2.24. The Morgan fingerprint density at radius 1 is 1.40 bits per heavy atom. The van der Waals surface area contributed by atoms with Crippen molar-refractivity contribution in [1.29, 1.82) is 0 Å². The minimum atomic E-state index is 0.376. The highest BCUT2D eigenvalue weighted by atomic mass is 16.6. The van der Waals surface area contributed by atoms with Crippen LogP contribution >= 0.6 is 0 Å². The first-order valence-electron chi connectivity index (χ1n) is 3.82. The van der Waals surface area contributed by atoms with Gasteiger partial charge in [0, 0.05) is 6.42 Å². The van der Waals surface area contributed by atoms with Crippen molar-refractivity contribution in [3.05, 3.63) is 12.8 Å². The zero-order chi connectivity index (χ0) is 6.97. The number of fused-ring (bicyclic) bond motifs is 1. The van der Waals surface area contributed by atoms with Gasteiger partial charge < -0.3 is 9.47 Å². The summed E-state index contributed by atoms with van der Waals surface area (Å²) in [7, 11) is 0. The van der Waals surface area contributed by atoms with E-state index in [1.807, 2.05) is 0 Å². The van der Waals surface area contributed by atoms with Crippen molar-refractivity contribution >= 4 is 0 Å². The van der Waals surface area contributed by atoms with Crippen LogP contribution in [0.4, 0.5) is 0 Å². The third-order valence-corrected chi connectivity index (χ3v) is 2.24. The van der Waals surface area contributed by atoms with Gasteiger partial charge in [0.2, 0.25) is 0 Å². The van der Waals surface area contributed by atoms with Crippen LogP contribution in [0.2, 0.25) is 0 Å². The number of rotatable bonds is 2. The van der Waals surface area contributed by atoms with Crippen molar-refractivity contribution in [1.82, 2.24) is 0 Å². The van der Waals surface area contributed by atoms with E-state index in [0.29, 0.717) is 18.3 Å². The van der Waals surface area contributed by atoms with E-state index < -0.39 is 0 Å². The molecule has 0 N–H and O–H groups in total. The van der Waals surface area contributed by atoms with Crippen LogP contribution in [-0.2, 0) is 9.47 Å². The highest BCUT2D eigenvalue weighted by Crippen LogP contribution is 2.37. The summed E-state index contributed by atoms with van der Waals surface area (Å²) in [5.74, 6) is 0. The van der Waals surface area contributed by atoms with E-state index in [1.165, 1.54) is 12.7 Å². The molecule has 2 nitrogen and oxygen atoms in total. The molecular formula is C8H12O2. The second-order valence-corrected chi connectivity index (χ2v) is 2.95. The average molecular weight is 140 g/mol. The van der Waals surface area contributed by atoms with Gasteiger partial charge in [0.1, 0.15) is 6.10 Å². The molecule has 0 aromatic heterocycles. The fourth-order valence-electron chi connectivity index (χ4n) is 1.63. The number of epoxide rings is 1. The van der Waals surface area contributed by atoms with Gasteiger partial charge in [-0.2, -0.15) is 0 Å². The molecule has 1 aliphatic heterocycles. The van der Waals surface area contributed by atoms with Gasteiger partial charge in [-0.3, -0.25) is 0 Å². The minimum absolute atomic E-state index is 0.376. The first-order chi connectivity index (χ1) is 4.90. The molecule has 2 fully saturated rings. The SMILES string of the molecule is C=COC1CCC2OC2C1. The predicted molar refractivity (Wildman–Crippen MR) is 37.6 cm³/mol. The zero-order valence-electron chi connectivity index (χ0n) is 5.95. The van der Waals surface area contributed by atoms with E-state index in [9.17, 15) is 0 Å². The van der Waals surface area contributed by atoms with Gasteiger partial charge in [-0.25, -0.2) is 0 Å². The summed E-state index contributed by atoms with van der Waals surface area (Å²) in [4.78, 5) is 0. The molecule has 1 saturated carbocycles. The van der Waals surface area contributed by atoms with Gasteiger partial charge in [-0.05, 0) is 12.8 Å². The van der Waals surface area contributed by atoms with Gasteiger partial charge in [-0.15, -0.1) is 0 Å². The van der Waals surface area contributed by atoms with Crippen LogP contribution in [0, 0.1) is 0 Å². The summed E-state index contributed by atoms with van der Waals surface area (Å²) in [5, 5.41) is 0. The molecule has 3 unspecified atom stereocenters. The van der Waals surface area contributed by atoms with E-state index in [1.54, 1.807) is 0 Å². The molecular weight excluding hydrogens is 128 g/mol. The molecule has 2 rings (SSSR count). The van der Waals surface area contributed by atoms with E-state index in [2.05, 4.69) is 6.58 Å². The number of hydrogen-bond acceptors (Lipinski definition) is 2. The van der Waals surface area contributed by atoms with Gasteiger partial charge in [0.25, 0.3) is 0 Å². The summed E-state index contributed by atoms with van der Waals surface area (Å²) < 4.78 is 10.6. The van der Waals surface area contributed by atoms with Crippen molar-refractivity contribution in [2.45, 2.75) is 37.6 Å². The monoisotopic (exact) mass is 140 g/mol. The topological polar surface area (TPSA) is 21.8 Å². The maximum Gasteiger partial charge on any atom is 0.100 e. The van der Waals surface area contributed by atoms with Crippen LogP contribution in [0.25, 0.3) is 0 Å². The quantitative estimate of drug-likeness (QED) is 0.428. The Morgan fingerprint density at radius 2 is 2.30 bits per heavy atom. The predicted octanol–water partition coefficient (Wildman–Crippen LogP) is 1.47. The summed E-state index contributed by atoms with van der Waals surface area (Å²) in [5.41, 5.74) is 0. The Hall–Kier alpha value is -0.500. The molecule has 1 heterocycles. The van der Waals surface area contributed by atoms with Gasteiger partial charge in [-0.1, -0.05) is 6.58 Å². The minimum Gasteiger partial charge on any atom is -0.499 e. The first-order valence-corrected chi connectivity index (χ1v) is 3.82. The summed E-state index contributed by atoms with van der Waals surface area (Å²) in [6.07, 6.45) is 6.37. The molecule has 56 valence electrons. The van der Waals surface area contributed by atoms with E-state index in [-0.39, 0.29) is 0 Å². The lowest BCUT2D eigenvalue weighted by Gasteiger charge is -2.17. The molecule has 1 aliphatic carbocycles. The van der Waals surface area contributed by atoms with Crippen LogP contribution in [-0.4, -0.2) is 18.3 Å². The van der Waals surface area contributed by atoms with Crippen LogP contribution in [0.15, 0.2) is 12.8 Å². The lowest BCUT2D eigenvalue weighted by atomic mass is 9.98. The first kappa shape index (κ1) is 6.23. The normalized spacial score (nSPS) is 43.8. The van der Waals surface area contributed by atoms with Crippen molar-refractivity contribution in [2.75, 3.05) is 0 Å². The van der Waals surface area contributed by atoms with Crippen LogP contribution in [0.5, 0.6) is 0 Å². The summed E-state index contributed by atoms with van der Waals surface area (Å²) in [6, 6.07) is 0. The van der Waals surface area contributed by atoms with E-state index in [4.69, 9.17) is 9.47 Å². The molecule has 0 amide bonds. The maximum absolute atomic E-state index is 5.34. The van der Waals surface area contributed by atoms with Crippen LogP contribution < -0.4 is 0 Å². The Bertz CT molecular complexity index is 144. The largest absolute Gasteiger partial charge is 0.499 e. The highest BCUT2D eigenvalue weighted by molar-refractivity contribution is 4.92. The van der Waals surface area contributed by atoms with Crippen molar-refractivity contribution in [2.24, 2.45) is 0 Å². The summed E-state index contributed by atoms with van der Waals surface area (Å²) in [6.45, 7) is 3.53. The second kappa shape index (κ2) is 2.27. The number of ether oxygens (including phenoxy) is 2.